The van der Waals surface area contributed by atoms with E-state index in [1.54, 1.807) is 6.92 Å². The predicted molar refractivity (Wildman–Crippen MR) is 58.5 cm³/mol. The molecule has 0 bridgehead atoms. The molecule has 1 heterocycles. The molecule has 0 N–H and O–H groups in total. The fourth-order valence-electron chi connectivity index (χ4n) is 1.15. The summed E-state index contributed by atoms with van der Waals surface area (Å²) in [4.78, 5) is 14.7. The lowest BCUT2D eigenvalue weighted by molar-refractivity contribution is -0.145. The summed E-state index contributed by atoms with van der Waals surface area (Å²) in [5.74, 6) is -1.08. The van der Waals surface area contributed by atoms with Gasteiger partial charge in [-0.25, -0.2) is 4.39 Å². The van der Waals surface area contributed by atoms with Gasteiger partial charge in [-0.2, -0.15) is 0 Å². The van der Waals surface area contributed by atoms with Crippen LogP contribution in [-0.2, 0) is 9.53 Å². The Labute approximate surface area is 97.9 Å². The number of pyridine rings is 1. The first kappa shape index (κ1) is 12.6. The summed E-state index contributed by atoms with van der Waals surface area (Å²) in [6.45, 7) is 6.65. The van der Waals surface area contributed by atoms with E-state index in [-0.39, 0.29) is 5.02 Å². The molecule has 16 heavy (non-hydrogen) atoms. The van der Waals surface area contributed by atoms with Gasteiger partial charge < -0.3 is 4.74 Å². The number of nitrogens with zero attached hydrogens (tertiary/aromatic N) is 1. The van der Waals surface area contributed by atoms with E-state index in [0.717, 1.165) is 6.20 Å². The monoisotopic (exact) mass is 243 g/mol. The molecule has 0 aromatic carbocycles. The van der Waals surface area contributed by atoms with Crippen molar-refractivity contribution >= 4 is 17.6 Å². The first-order valence-electron chi connectivity index (χ1n) is 4.55. The number of ether oxygens (including phenoxy) is 1. The number of rotatable bonds is 3. The van der Waals surface area contributed by atoms with E-state index in [1.165, 1.54) is 13.0 Å². The molecule has 0 radical (unpaired) electrons. The number of hydrogen-bond acceptors (Lipinski definition) is 3. The van der Waals surface area contributed by atoms with Crippen LogP contribution < -0.4 is 0 Å². The number of carbonyl (C=O) groups is 1. The average Bonchev–Trinajstić information content (AvgIpc) is 2.18. The highest BCUT2D eigenvalue weighted by molar-refractivity contribution is 6.30. The van der Waals surface area contributed by atoms with Gasteiger partial charge in [-0.15, -0.1) is 0 Å². The van der Waals surface area contributed by atoms with Crippen molar-refractivity contribution in [1.82, 2.24) is 4.98 Å². The molecule has 1 unspecified atom stereocenters. The SMILES string of the molecule is C=C(C)C(OC(C)=O)c1cc(Cl)c(F)cn1. The van der Waals surface area contributed by atoms with Gasteiger partial charge in [0.1, 0.15) is 0 Å². The molecule has 1 rings (SSSR count). The lowest BCUT2D eigenvalue weighted by Gasteiger charge is -2.16. The minimum atomic E-state index is -0.699. The summed E-state index contributed by atoms with van der Waals surface area (Å²) in [5.41, 5.74) is 0.944. The van der Waals surface area contributed by atoms with Crippen molar-refractivity contribution in [3.63, 3.8) is 0 Å². The van der Waals surface area contributed by atoms with Crippen LogP contribution in [0.2, 0.25) is 5.02 Å². The first-order valence-corrected chi connectivity index (χ1v) is 4.93. The lowest BCUT2D eigenvalue weighted by atomic mass is 10.1. The Morgan fingerprint density at radius 3 is 2.69 bits per heavy atom. The van der Waals surface area contributed by atoms with E-state index in [0.29, 0.717) is 11.3 Å². The van der Waals surface area contributed by atoms with Gasteiger partial charge in [-0.1, -0.05) is 18.2 Å². The molecule has 0 aliphatic carbocycles. The van der Waals surface area contributed by atoms with Crippen LogP contribution in [0.5, 0.6) is 0 Å². The van der Waals surface area contributed by atoms with E-state index in [9.17, 15) is 9.18 Å². The van der Waals surface area contributed by atoms with E-state index >= 15 is 0 Å². The fraction of sp³-hybridized carbons (Fsp3) is 0.273. The number of hydrogen-bond donors (Lipinski definition) is 0. The zero-order valence-corrected chi connectivity index (χ0v) is 9.71. The van der Waals surface area contributed by atoms with Crippen LogP contribution >= 0.6 is 11.6 Å². The van der Waals surface area contributed by atoms with Gasteiger partial charge in [0.15, 0.2) is 11.9 Å². The van der Waals surface area contributed by atoms with Crippen LogP contribution in [0.3, 0.4) is 0 Å². The maximum Gasteiger partial charge on any atom is 0.303 e. The molecular weight excluding hydrogens is 233 g/mol. The van der Waals surface area contributed by atoms with Crippen molar-refractivity contribution in [2.24, 2.45) is 0 Å². The normalized spacial score (nSPS) is 12.0. The van der Waals surface area contributed by atoms with Crippen LogP contribution in [0.4, 0.5) is 4.39 Å². The second kappa shape index (κ2) is 5.07. The molecular formula is C11H11ClFNO2. The van der Waals surface area contributed by atoms with Gasteiger partial charge in [0, 0.05) is 6.92 Å². The van der Waals surface area contributed by atoms with Crippen molar-refractivity contribution in [2.75, 3.05) is 0 Å². The average molecular weight is 244 g/mol. The Balaban J connectivity index is 3.06. The Morgan fingerprint density at radius 2 is 2.25 bits per heavy atom. The van der Waals surface area contributed by atoms with Crippen molar-refractivity contribution in [1.29, 1.82) is 0 Å². The third kappa shape index (κ3) is 3.03. The van der Waals surface area contributed by atoms with Gasteiger partial charge in [-0.05, 0) is 18.6 Å². The van der Waals surface area contributed by atoms with Crippen LogP contribution in [0.15, 0.2) is 24.4 Å². The minimum absolute atomic E-state index is 0.0663. The molecule has 0 amide bonds. The molecule has 1 aromatic rings. The van der Waals surface area contributed by atoms with Crippen molar-refractivity contribution in [2.45, 2.75) is 20.0 Å². The smallest absolute Gasteiger partial charge is 0.303 e. The minimum Gasteiger partial charge on any atom is -0.451 e. The summed E-state index contributed by atoms with van der Waals surface area (Å²) >= 11 is 5.61. The second-order valence-electron chi connectivity index (χ2n) is 3.36. The lowest BCUT2D eigenvalue weighted by Crippen LogP contribution is -2.11. The van der Waals surface area contributed by atoms with Gasteiger partial charge in [0.2, 0.25) is 0 Å². The zero-order chi connectivity index (χ0) is 12.3. The van der Waals surface area contributed by atoms with Gasteiger partial charge in [0.25, 0.3) is 0 Å². The number of halogens is 2. The number of carbonyl (C=O) groups excluding carboxylic acids is 1. The molecule has 5 heteroatoms. The molecule has 0 aliphatic rings. The quantitative estimate of drug-likeness (QED) is 0.605. The number of esters is 1. The standard InChI is InChI=1S/C11H11ClFNO2/c1-6(2)11(16-7(3)15)10-4-8(12)9(13)5-14-10/h4-5,11H,1H2,2-3H3. The molecule has 0 fully saturated rings. The maximum absolute atomic E-state index is 12.9. The first-order chi connectivity index (χ1) is 7.41. The van der Waals surface area contributed by atoms with Gasteiger partial charge in [-0.3, -0.25) is 9.78 Å². The van der Waals surface area contributed by atoms with Crippen molar-refractivity contribution < 1.29 is 13.9 Å². The highest BCUT2D eigenvalue weighted by Gasteiger charge is 2.18. The highest BCUT2D eigenvalue weighted by Crippen LogP contribution is 2.25. The Bertz CT molecular complexity index is 434. The Morgan fingerprint density at radius 1 is 1.62 bits per heavy atom. The van der Waals surface area contributed by atoms with E-state index < -0.39 is 17.9 Å². The third-order valence-electron chi connectivity index (χ3n) is 1.83. The summed E-state index contributed by atoms with van der Waals surface area (Å²) in [6, 6.07) is 1.32. The maximum atomic E-state index is 12.9. The topological polar surface area (TPSA) is 39.2 Å². The Hall–Kier alpha value is -1.42. The van der Waals surface area contributed by atoms with Crippen molar-refractivity contribution in [3.05, 3.63) is 40.9 Å². The summed E-state index contributed by atoms with van der Waals surface area (Å²) < 4.78 is 17.9. The van der Waals surface area contributed by atoms with Crippen LogP contribution in [0.25, 0.3) is 0 Å². The van der Waals surface area contributed by atoms with Gasteiger partial charge in [0.05, 0.1) is 16.9 Å². The summed E-state index contributed by atoms with van der Waals surface area (Å²) in [5, 5.41) is -0.0663. The molecule has 0 aliphatic heterocycles. The number of aromatic nitrogens is 1. The highest BCUT2D eigenvalue weighted by atomic mass is 35.5. The molecule has 3 nitrogen and oxygen atoms in total. The van der Waals surface area contributed by atoms with E-state index in [4.69, 9.17) is 16.3 Å². The summed E-state index contributed by atoms with van der Waals surface area (Å²) in [7, 11) is 0. The van der Waals surface area contributed by atoms with Gasteiger partial charge >= 0.3 is 5.97 Å². The zero-order valence-electron chi connectivity index (χ0n) is 8.96. The molecule has 0 saturated carbocycles. The summed E-state index contributed by atoms with van der Waals surface area (Å²) in [6.07, 6.45) is 0.285. The molecule has 1 aromatic heterocycles. The van der Waals surface area contributed by atoms with E-state index in [1.807, 2.05) is 0 Å². The van der Waals surface area contributed by atoms with Crippen LogP contribution in [0.1, 0.15) is 25.6 Å². The predicted octanol–water partition coefficient (Wildman–Crippen LogP) is 3.05. The largest absolute Gasteiger partial charge is 0.451 e. The molecule has 1 atom stereocenters. The third-order valence-corrected chi connectivity index (χ3v) is 2.12. The molecule has 0 saturated heterocycles. The van der Waals surface area contributed by atoms with E-state index in [2.05, 4.69) is 11.6 Å². The fourth-order valence-corrected chi connectivity index (χ4v) is 1.31. The Kier molecular flexibility index (Phi) is 4.01. The molecule has 0 spiro atoms. The van der Waals surface area contributed by atoms with Crippen molar-refractivity contribution in [3.8, 4) is 0 Å². The molecule has 86 valence electrons. The second-order valence-corrected chi connectivity index (χ2v) is 3.77. The van der Waals surface area contributed by atoms with Crippen LogP contribution in [-0.4, -0.2) is 11.0 Å². The van der Waals surface area contributed by atoms with Crippen LogP contribution in [0, 0.1) is 5.82 Å².